The maximum Gasteiger partial charge on any atom is 0.250 e. The van der Waals surface area contributed by atoms with Crippen LogP contribution in [-0.2, 0) is 10.0 Å². The van der Waals surface area contributed by atoms with E-state index in [1.807, 2.05) is 27.7 Å². The Morgan fingerprint density at radius 2 is 2.06 bits per heavy atom. The van der Waals surface area contributed by atoms with Gasteiger partial charge in [-0.2, -0.15) is 0 Å². The van der Waals surface area contributed by atoms with Gasteiger partial charge in [-0.15, -0.1) is 11.3 Å². The van der Waals surface area contributed by atoms with E-state index in [-0.39, 0.29) is 12.5 Å². The Labute approximate surface area is 107 Å². The van der Waals surface area contributed by atoms with Gasteiger partial charge in [0.2, 0.25) is 0 Å². The zero-order valence-electron chi connectivity index (χ0n) is 10.6. The Kier molecular flexibility index (Phi) is 4.35. The molecule has 1 aromatic heterocycles. The van der Waals surface area contributed by atoms with Crippen molar-refractivity contribution in [3.63, 3.8) is 0 Å². The lowest BCUT2D eigenvalue weighted by molar-refractivity contribution is 0.315. The molecule has 0 radical (unpaired) electrons. The smallest absolute Gasteiger partial charge is 0.250 e. The van der Waals surface area contributed by atoms with Gasteiger partial charge in [-0.25, -0.2) is 13.1 Å². The minimum atomic E-state index is -3.47. The number of aryl methyl sites for hydroxylation is 1. The molecule has 0 aliphatic heterocycles. The van der Waals surface area contributed by atoms with E-state index in [9.17, 15) is 8.42 Å². The van der Waals surface area contributed by atoms with Gasteiger partial charge in [0.05, 0.1) is 0 Å². The number of hydrogen-bond donors (Lipinski definition) is 2. The van der Waals surface area contributed by atoms with E-state index in [0.717, 1.165) is 4.88 Å². The average molecular weight is 276 g/mol. The van der Waals surface area contributed by atoms with Crippen molar-refractivity contribution < 1.29 is 8.42 Å². The summed E-state index contributed by atoms with van der Waals surface area (Å²) < 4.78 is 27.4. The summed E-state index contributed by atoms with van der Waals surface area (Å²) in [6.45, 7) is 7.89. The first kappa shape index (κ1) is 14.6. The molecule has 0 fully saturated rings. The Morgan fingerprint density at radius 3 is 2.41 bits per heavy atom. The van der Waals surface area contributed by atoms with E-state index < -0.39 is 15.6 Å². The van der Waals surface area contributed by atoms with Crippen LogP contribution in [0.15, 0.2) is 16.3 Å². The van der Waals surface area contributed by atoms with Crippen LogP contribution < -0.4 is 10.5 Å². The summed E-state index contributed by atoms with van der Waals surface area (Å²) >= 11 is 1.27. The van der Waals surface area contributed by atoms with Crippen LogP contribution in [0, 0.1) is 12.8 Å². The van der Waals surface area contributed by atoms with E-state index in [1.165, 1.54) is 11.3 Å². The highest BCUT2D eigenvalue weighted by Crippen LogP contribution is 2.24. The molecule has 0 saturated carbocycles. The molecular formula is C11H20N2O2S2. The number of thiophene rings is 1. The first-order chi connectivity index (χ1) is 7.71. The molecular weight excluding hydrogens is 256 g/mol. The molecule has 0 aliphatic rings. The molecule has 1 atom stereocenters. The fourth-order valence-corrected chi connectivity index (χ4v) is 4.14. The van der Waals surface area contributed by atoms with Crippen LogP contribution in [0.5, 0.6) is 0 Å². The standard InChI is InChI=1S/C11H20N2O2S2/c1-8(2)11(4,7-12)13-17(14,15)10-6-5-9(3)16-10/h5-6,8,13H,7,12H2,1-4H3. The topological polar surface area (TPSA) is 72.2 Å². The molecule has 6 heteroatoms. The van der Waals surface area contributed by atoms with Crippen LogP contribution in [0.3, 0.4) is 0 Å². The first-order valence-corrected chi connectivity index (χ1v) is 7.82. The molecule has 98 valence electrons. The van der Waals surface area contributed by atoms with Crippen LogP contribution in [0.4, 0.5) is 0 Å². The van der Waals surface area contributed by atoms with Gasteiger partial charge in [-0.3, -0.25) is 0 Å². The number of sulfonamides is 1. The summed E-state index contributed by atoms with van der Waals surface area (Å²) in [6, 6.07) is 3.42. The molecule has 0 aliphatic carbocycles. The van der Waals surface area contributed by atoms with E-state index in [4.69, 9.17) is 5.73 Å². The van der Waals surface area contributed by atoms with Crippen molar-refractivity contribution in [3.8, 4) is 0 Å². The summed E-state index contributed by atoms with van der Waals surface area (Å²) in [5.41, 5.74) is 5.06. The third kappa shape index (κ3) is 3.28. The lowest BCUT2D eigenvalue weighted by Gasteiger charge is -2.32. The van der Waals surface area contributed by atoms with Crippen molar-refractivity contribution in [3.05, 3.63) is 17.0 Å². The molecule has 1 rings (SSSR count). The van der Waals surface area contributed by atoms with Gasteiger partial charge in [0.1, 0.15) is 4.21 Å². The zero-order chi connectivity index (χ0) is 13.3. The Bertz CT molecular complexity index is 479. The van der Waals surface area contributed by atoms with Gasteiger partial charge in [0, 0.05) is 17.0 Å². The van der Waals surface area contributed by atoms with Crippen molar-refractivity contribution in [1.82, 2.24) is 4.72 Å². The van der Waals surface area contributed by atoms with E-state index >= 15 is 0 Å². The van der Waals surface area contributed by atoms with Gasteiger partial charge in [-0.1, -0.05) is 13.8 Å². The van der Waals surface area contributed by atoms with Gasteiger partial charge < -0.3 is 5.73 Å². The fourth-order valence-electron chi connectivity index (χ4n) is 1.31. The minimum absolute atomic E-state index is 0.128. The van der Waals surface area contributed by atoms with Gasteiger partial charge in [-0.05, 0) is 31.9 Å². The van der Waals surface area contributed by atoms with Gasteiger partial charge >= 0.3 is 0 Å². The molecule has 1 unspecified atom stereocenters. The Balaban J connectivity index is 3.01. The largest absolute Gasteiger partial charge is 0.329 e. The first-order valence-electron chi connectivity index (χ1n) is 5.52. The fraction of sp³-hybridized carbons (Fsp3) is 0.636. The zero-order valence-corrected chi connectivity index (χ0v) is 12.3. The van der Waals surface area contributed by atoms with Crippen molar-refractivity contribution in [2.75, 3.05) is 6.54 Å². The van der Waals surface area contributed by atoms with Crippen molar-refractivity contribution in [2.24, 2.45) is 11.7 Å². The maximum atomic E-state index is 12.2. The lowest BCUT2D eigenvalue weighted by atomic mass is 9.90. The van der Waals surface area contributed by atoms with E-state index in [0.29, 0.717) is 4.21 Å². The quantitative estimate of drug-likeness (QED) is 0.860. The van der Waals surface area contributed by atoms with Crippen molar-refractivity contribution in [2.45, 2.75) is 37.4 Å². The Morgan fingerprint density at radius 1 is 1.47 bits per heavy atom. The molecule has 0 bridgehead atoms. The van der Waals surface area contributed by atoms with Crippen molar-refractivity contribution in [1.29, 1.82) is 0 Å². The molecule has 0 aromatic carbocycles. The monoisotopic (exact) mass is 276 g/mol. The van der Waals surface area contributed by atoms with Crippen LogP contribution >= 0.6 is 11.3 Å². The summed E-state index contributed by atoms with van der Waals surface area (Å²) in [5.74, 6) is 0.128. The van der Waals surface area contributed by atoms with E-state index in [1.54, 1.807) is 12.1 Å². The predicted octanol–water partition coefficient (Wildman–Crippen LogP) is 1.71. The molecule has 1 aromatic rings. The second kappa shape index (κ2) is 5.06. The molecule has 17 heavy (non-hydrogen) atoms. The molecule has 3 N–H and O–H groups in total. The van der Waals surface area contributed by atoms with Crippen LogP contribution in [0.2, 0.25) is 0 Å². The SMILES string of the molecule is Cc1ccc(S(=O)(=O)NC(C)(CN)C(C)C)s1. The van der Waals surface area contributed by atoms with Crippen molar-refractivity contribution >= 4 is 21.4 Å². The summed E-state index contributed by atoms with van der Waals surface area (Å²) in [6.07, 6.45) is 0. The Hall–Kier alpha value is -0.430. The number of rotatable bonds is 5. The number of hydrogen-bond acceptors (Lipinski definition) is 4. The summed E-state index contributed by atoms with van der Waals surface area (Å²) in [5, 5.41) is 0. The van der Waals surface area contributed by atoms with Crippen LogP contribution in [0.25, 0.3) is 0 Å². The third-order valence-electron chi connectivity index (χ3n) is 3.05. The molecule has 0 saturated heterocycles. The normalized spacial score (nSPS) is 16.1. The van der Waals surface area contributed by atoms with Gasteiger partial charge in [0.25, 0.3) is 10.0 Å². The summed E-state index contributed by atoms with van der Waals surface area (Å²) in [7, 11) is -3.47. The summed E-state index contributed by atoms with van der Waals surface area (Å²) in [4.78, 5) is 0.976. The molecule has 1 heterocycles. The third-order valence-corrected chi connectivity index (χ3v) is 6.15. The predicted molar refractivity (Wildman–Crippen MR) is 71.7 cm³/mol. The maximum absolute atomic E-state index is 12.2. The molecule has 4 nitrogen and oxygen atoms in total. The molecule has 0 spiro atoms. The van der Waals surface area contributed by atoms with E-state index in [2.05, 4.69) is 4.72 Å². The van der Waals surface area contributed by atoms with Crippen LogP contribution in [0.1, 0.15) is 25.6 Å². The molecule has 0 amide bonds. The second-order valence-corrected chi connectivity index (χ2v) is 7.94. The highest BCUT2D eigenvalue weighted by Gasteiger charge is 2.32. The number of nitrogens with two attached hydrogens (primary N) is 1. The highest BCUT2D eigenvalue weighted by molar-refractivity contribution is 7.91. The second-order valence-electron chi connectivity index (χ2n) is 4.75. The minimum Gasteiger partial charge on any atom is -0.329 e. The number of nitrogens with one attached hydrogen (secondary N) is 1. The van der Waals surface area contributed by atoms with Crippen LogP contribution in [-0.4, -0.2) is 20.5 Å². The highest BCUT2D eigenvalue weighted by atomic mass is 32.2. The average Bonchev–Trinajstić information content (AvgIpc) is 2.64. The van der Waals surface area contributed by atoms with Gasteiger partial charge in [0.15, 0.2) is 0 Å². The lowest BCUT2D eigenvalue weighted by Crippen LogP contribution is -2.54.